The van der Waals surface area contributed by atoms with Gasteiger partial charge in [0, 0.05) is 57.4 Å². The van der Waals surface area contributed by atoms with E-state index in [2.05, 4.69) is 10.3 Å². The number of rotatable bonds is 5. The van der Waals surface area contributed by atoms with E-state index < -0.39 is 0 Å². The van der Waals surface area contributed by atoms with Gasteiger partial charge >= 0.3 is 0 Å². The number of carbonyl (C=O) groups excluding carboxylic acids is 2. The van der Waals surface area contributed by atoms with Crippen LogP contribution in [0.15, 0.2) is 48.8 Å². The Bertz CT molecular complexity index is 923. The highest BCUT2D eigenvalue weighted by molar-refractivity contribution is 5.99. The number of piperidine rings is 1. The Morgan fingerprint density at radius 1 is 1.13 bits per heavy atom. The third-order valence-electron chi connectivity index (χ3n) is 6.35. The van der Waals surface area contributed by atoms with Crippen molar-refractivity contribution < 1.29 is 14.3 Å². The smallest absolute Gasteiger partial charge is 0.253 e. The van der Waals surface area contributed by atoms with E-state index in [0.29, 0.717) is 30.8 Å². The number of hydrogen-bond acceptors (Lipinski definition) is 5. The van der Waals surface area contributed by atoms with Crippen LogP contribution in [0.5, 0.6) is 0 Å². The molecule has 2 saturated heterocycles. The molecule has 1 N–H and O–H groups in total. The average Bonchev–Trinajstić information content (AvgIpc) is 3.20. The molecule has 1 aromatic heterocycles. The third kappa shape index (κ3) is 4.71. The molecule has 2 aliphatic rings. The zero-order valence-corrected chi connectivity index (χ0v) is 18.2. The quantitative estimate of drug-likeness (QED) is 0.802. The first-order valence-corrected chi connectivity index (χ1v) is 10.9. The van der Waals surface area contributed by atoms with Crippen molar-refractivity contribution in [1.29, 1.82) is 0 Å². The first-order chi connectivity index (χ1) is 15.0. The number of benzene rings is 1. The molecule has 2 amide bonds. The van der Waals surface area contributed by atoms with Gasteiger partial charge in [-0.25, -0.2) is 0 Å². The number of hydrogen-bond donors (Lipinski definition) is 1. The van der Waals surface area contributed by atoms with E-state index >= 15 is 0 Å². The number of carbonyl (C=O) groups is 2. The van der Waals surface area contributed by atoms with Crippen molar-refractivity contribution in [1.82, 2.24) is 15.2 Å². The topological polar surface area (TPSA) is 74.8 Å². The summed E-state index contributed by atoms with van der Waals surface area (Å²) < 4.78 is 6.41. The van der Waals surface area contributed by atoms with Crippen molar-refractivity contribution in [2.45, 2.75) is 37.4 Å². The Morgan fingerprint density at radius 3 is 2.55 bits per heavy atom. The minimum atomic E-state index is -0.175. The average molecular weight is 423 g/mol. The number of para-hydroxylation sites is 1. The summed E-state index contributed by atoms with van der Waals surface area (Å²) in [5, 5.41) is 3.05. The van der Waals surface area contributed by atoms with Crippen molar-refractivity contribution in [3.8, 4) is 0 Å². The number of pyridine rings is 1. The van der Waals surface area contributed by atoms with Crippen LogP contribution in [0.4, 0.5) is 5.69 Å². The molecule has 2 aliphatic heterocycles. The maximum Gasteiger partial charge on any atom is 0.253 e. The second kappa shape index (κ2) is 9.06. The van der Waals surface area contributed by atoms with E-state index in [9.17, 15) is 9.59 Å². The van der Waals surface area contributed by atoms with Gasteiger partial charge in [0.25, 0.3) is 11.8 Å². The van der Waals surface area contributed by atoms with Gasteiger partial charge in [0.2, 0.25) is 0 Å². The second-order valence-corrected chi connectivity index (χ2v) is 8.61. The van der Waals surface area contributed by atoms with E-state index in [4.69, 9.17) is 4.74 Å². The zero-order chi connectivity index (χ0) is 21.8. The van der Waals surface area contributed by atoms with Gasteiger partial charge in [-0.1, -0.05) is 12.1 Å². The summed E-state index contributed by atoms with van der Waals surface area (Å²) in [5.41, 5.74) is 2.07. The van der Waals surface area contributed by atoms with Gasteiger partial charge in [-0.05, 0) is 49.9 Å². The van der Waals surface area contributed by atoms with Gasteiger partial charge in [-0.2, -0.15) is 0 Å². The van der Waals surface area contributed by atoms with Crippen LogP contribution in [0, 0.1) is 0 Å². The highest BCUT2D eigenvalue weighted by atomic mass is 16.5. The summed E-state index contributed by atoms with van der Waals surface area (Å²) in [6.45, 7) is 1.88. The number of ether oxygens (including phenoxy) is 1. The van der Waals surface area contributed by atoms with Crippen LogP contribution in [0.1, 0.15) is 46.4 Å². The molecule has 1 unspecified atom stereocenters. The minimum Gasteiger partial charge on any atom is -0.377 e. The lowest BCUT2D eigenvalue weighted by molar-refractivity contribution is -0.0712. The van der Waals surface area contributed by atoms with E-state index in [1.54, 1.807) is 24.5 Å². The van der Waals surface area contributed by atoms with Crippen LogP contribution in [0.3, 0.4) is 0 Å². The summed E-state index contributed by atoms with van der Waals surface area (Å²) in [5.74, 6) is -0.0229. The molecule has 2 aromatic rings. The van der Waals surface area contributed by atoms with Crippen molar-refractivity contribution in [2.75, 3.05) is 38.6 Å². The number of likely N-dealkylation sites (tertiary alicyclic amines) is 1. The molecule has 1 aromatic carbocycles. The molecule has 3 heterocycles. The number of anilines is 1. The molecule has 0 aliphatic carbocycles. The van der Waals surface area contributed by atoms with E-state index in [-0.39, 0.29) is 23.5 Å². The Kier molecular flexibility index (Phi) is 6.23. The maximum absolute atomic E-state index is 12.7. The van der Waals surface area contributed by atoms with Crippen LogP contribution in [-0.4, -0.2) is 67.1 Å². The maximum atomic E-state index is 12.7. The Morgan fingerprint density at radius 2 is 1.84 bits per heavy atom. The predicted octanol–water partition coefficient (Wildman–Crippen LogP) is 2.73. The lowest BCUT2D eigenvalue weighted by Crippen LogP contribution is -2.47. The first kappa shape index (κ1) is 21.3. The molecule has 0 saturated carbocycles. The fourth-order valence-electron chi connectivity index (χ4n) is 4.56. The van der Waals surface area contributed by atoms with Crippen LogP contribution in [0.25, 0.3) is 0 Å². The second-order valence-electron chi connectivity index (χ2n) is 8.61. The molecule has 31 heavy (non-hydrogen) atoms. The summed E-state index contributed by atoms with van der Waals surface area (Å²) in [6, 6.07) is 11.1. The summed E-state index contributed by atoms with van der Waals surface area (Å²) in [6.07, 6.45) is 6.86. The van der Waals surface area contributed by atoms with Crippen molar-refractivity contribution in [3.63, 3.8) is 0 Å². The lowest BCUT2D eigenvalue weighted by atomic mass is 9.88. The molecular weight excluding hydrogens is 392 g/mol. The van der Waals surface area contributed by atoms with E-state index in [0.717, 1.165) is 31.4 Å². The Hall–Kier alpha value is -2.93. The van der Waals surface area contributed by atoms with Crippen molar-refractivity contribution in [2.24, 2.45) is 0 Å². The van der Waals surface area contributed by atoms with Crippen LogP contribution in [-0.2, 0) is 4.74 Å². The normalized spacial score (nSPS) is 19.9. The number of nitrogens with one attached hydrogen (secondary N) is 1. The fraction of sp³-hybridized carbons (Fsp3) is 0.458. The predicted molar refractivity (Wildman–Crippen MR) is 119 cm³/mol. The highest BCUT2D eigenvalue weighted by Gasteiger charge is 2.43. The van der Waals surface area contributed by atoms with Crippen LogP contribution < -0.4 is 10.2 Å². The first-order valence-electron chi connectivity index (χ1n) is 10.9. The van der Waals surface area contributed by atoms with Gasteiger partial charge in [-0.15, -0.1) is 0 Å². The largest absolute Gasteiger partial charge is 0.377 e. The van der Waals surface area contributed by atoms with Gasteiger partial charge in [0.15, 0.2) is 0 Å². The summed E-state index contributed by atoms with van der Waals surface area (Å²) in [7, 11) is 3.86. The van der Waals surface area contributed by atoms with Crippen molar-refractivity contribution >= 4 is 17.5 Å². The molecular formula is C24H30N4O3. The Balaban J connectivity index is 1.28. The molecule has 164 valence electrons. The highest BCUT2D eigenvalue weighted by Crippen LogP contribution is 2.39. The summed E-state index contributed by atoms with van der Waals surface area (Å²) >= 11 is 0. The number of aromatic nitrogens is 1. The minimum absolute atomic E-state index is 0.0120. The molecule has 0 radical (unpaired) electrons. The van der Waals surface area contributed by atoms with E-state index in [1.165, 1.54) is 0 Å². The standard InChI is InChI=1S/C24H30N4O3/c1-27(2)21-6-4-3-5-20(21)22(29)26-17-19-7-10-24(31-19)11-15-28(16-12-24)23(30)18-8-13-25-14-9-18/h3-6,8-9,13-14,19H,7,10-12,15-17H2,1-2H3,(H,26,29). The van der Waals surface area contributed by atoms with E-state index in [1.807, 2.05) is 48.2 Å². The molecule has 0 bridgehead atoms. The van der Waals surface area contributed by atoms with Gasteiger partial charge in [-0.3, -0.25) is 14.6 Å². The van der Waals surface area contributed by atoms with Gasteiger partial charge in [0.1, 0.15) is 0 Å². The molecule has 7 nitrogen and oxygen atoms in total. The van der Waals surface area contributed by atoms with Crippen molar-refractivity contribution in [3.05, 3.63) is 59.9 Å². The van der Waals surface area contributed by atoms with Crippen LogP contribution in [0.2, 0.25) is 0 Å². The lowest BCUT2D eigenvalue weighted by Gasteiger charge is -2.39. The molecule has 1 spiro atoms. The molecule has 1 atom stereocenters. The third-order valence-corrected chi connectivity index (χ3v) is 6.35. The number of nitrogens with zero attached hydrogens (tertiary/aromatic N) is 3. The van der Waals surface area contributed by atoms with Gasteiger partial charge < -0.3 is 19.9 Å². The summed E-state index contributed by atoms with van der Waals surface area (Å²) in [4.78, 5) is 33.2. The molecule has 4 rings (SSSR count). The molecule has 7 heteroatoms. The Labute approximate surface area is 183 Å². The fourth-order valence-corrected chi connectivity index (χ4v) is 4.56. The molecule has 2 fully saturated rings. The SMILES string of the molecule is CN(C)c1ccccc1C(=O)NCC1CCC2(CCN(C(=O)c3ccncc3)CC2)O1. The monoisotopic (exact) mass is 422 g/mol. The number of amides is 2. The van der Waals surface area contributed by atoms with Gasteiger partial charge in [0.05, 0.1) is 17.3 Å². The zero-order valence-electron chi connectivity index (χ0n) is 18.2. The van der Waals surface area contributed by atoms with Crippen LogP contribution >= 0.6 is 0 Å².